The number of piperidine rings is 2. The molecule has 0 aromatic carbocycles. The molecule has 0 radical (unpaired) electrons. The van der Waals surface area contributed by atoms with Crippen molar-refractivity contribution in [2.45, 2.75) is 51.0 Å². The first-order valence-electron chi connectivity index (χ1n) is 7.79. The molecule has 0 aromatic heterocycles. The third kappa shape index (κ3) is 4.20. The molecule has 2 aliphatic heterocycles. The zero-order chi connectivity index (χ0) is 14.4. The smallest absolute Gasteiger partial charge is 0.308 e. The Morgan fingerprint density at radius 2 is 1.95 bits per heavy atom. The van der Waals surface area contributed by atoms with E-state index in [2.05, 4.69) is 5.32 Å². The summed E-state index contributed by atoms with van der Waals surface area (Å²) in [6, 6.07) is 0.514. The lowest BCUT2D eigenvalue weighted by atomic mass is 9.96. The number of carbonyl (C=O) groups is 2. The fourth-order valence-corrected chi connectivity index (χ4v) is 3.16. The van der Waals surface area contributed by atoms with E-state index >= 15 is 0 Å². The standard InChI is InChI=1S/C15H26N2O3/c1-20-15(19)12-7-10-17(11-8-12)14(18)6-5-13-4-2-3-9-16-13/h12-13,16H,2-11H2,1H3. The molecule has 114 valence electrons. The lowest BCUT2D eigenvalue weighted by Gasteiger charge is -2.31. The van der Waals surface area contributed by atoms with Gasteiger partial charge < -0.3 is 15.0 Å². The molecule has 1 N–H and O–H groups in total. The fourth-order valence-electron chi connectivity index (χ4n) is 3.16. The Bertz CT molecular complexity index is 332. The van der Waals surface area contributed by atoms with Crippen LogP contribution in [-0.4, -0.2) is 49.6 Å². The number of hydrogen-bond acceptors (Lipinski definition) is 4. The summed E-state index contributed by atoms with van der Waals surface area (Å²) < 4.78 is 4.76. The van der Waals surface area contributed by atoms with E-state index in [1.165, 1.54) is 26.4 Å². The molecule has 0 aliphatic carbocycles. The van der Waals surface area contributed by atoms with Crippen LogP contribution in [0.15, 0.2) is 0 Å². The van der Waals surface area contributed by atoms with E-state index in [-0.39, 0.29) is 17.8 Å². The molecule has 2 rings (SSSR count). The van der Waals surface area contributed by atoms with E-state index in [1.54, 1.807) is 0 Å². The second kappa shape index (κ2) is 7.62. The average molecular weight is 282 g/mol. The van der Waals surface area contributed by atoms with Gasteiger partial charge in [0.25, 0.3) is 0 Å². The summed E-state index contributed by atoms with van der Waals surface area (Å²) in [5, 5.41) is 3.48. The van der Waals surface area contributed by atoms with Crippen LogP contribution in [0.25, 0.3) is 0 Å². The van der Waals surface area contributed by atoms with Crippen LogP contribution in [0.2, 0.25) is 0 Å². The number of hydrogen-bond donors (Lipinski definition) is 1. The number of rotatable bonds is 4. The van der Waals surface area contributed by atoms with Gasteiger partial charge in [-0.15, -0.1) is 0 Å². The number of methoxy groups -OCH3 is 1. The molecule has 0 spiro atoms. The van der Waals surface area contributed by atoms with Crippen LogP contribution in [0.4, 0.5) is 0 Å². The lowest BCUT2D eigenvalue weighted by molar-refractivity contribution is -0.148. The van der Waals surface area contributed by atoms with Gasteiger partial charge in [-0.25, -0.2) is 0 Å². The molecule has 0 aromatic rings. The SMILES string of the molecule is COC(=O)C1CCN(C(=O)CCC2CCCCN2)CC1. The lowest BCUT2D eigenvalue weighted by Crippen LogP contribution is -2.41. The molecule has 0 bridgehead atoms. The maximum absolute atomic E-state index is 12.2. The minimum atomic E-state index is -0.136. The van der Waals surface area contributed by atoms with Crippen molar-refractivity contribution in [3.05, 3.63) is 0 Å². The number of carbonyl (C=O) groups excluding carboxylic acids is 2. The Morgan fingerprint density at radius 3 is 2.55 bits per heavy atom. The molecule has 0 saturated carbocycles. The summed E-state index contributed by atoms with van der Waals surface area (Å²) in [6.07, 6.45) is 6.76. The molecular weight excluding hydrogens is 256 g/mol. The molecule has 2 aliphatic rings. The monoisotopic (exact) mass is 282 g/mol. The van der Waals surface area contributed by atoms with Crippen LogP contribution in [0.5, 0.6) is 0 Å². The van der Waals surface area contributed by atoms with Crippen molar-refractivity contribution < 1.29 is 14.3 Å². The average Bonchev–Trinajstić information content (AvgIpc) is 2.53. The van der Waals surface area contributed by atoms with E-state index < -0.39 is 0 Å². The van der Waals surface area contributed by atoms with Crippen LogP contribution in [0.3, 0.4) is 0 Å². The zero-order valence-corrected chi connectivity index (χ0v) is 12.4. The van der Waals surface area contributed by atoms with Gasteiger partial charge in [0.05, 0.1) is 13.0 Å². The molecule has 1 atom stereocenters. The van der Waals surface area contributed by atoms with Gasteiger partial charge in [0.15, 0.2) is 0 Å². The molecule has 5 heteroatoms. The zero-order valence-electron chi connectivity index (χ0n) is 12.4. The Kier molecular flexibility index (Phi) is 5.83. The molecule has 1 amide bonds. The summed E-state index contributed by atoms with van der Waals surface area (Å²) in [7, 11) is 1.43. The highest BCUT2D eigenvalue weighted by Crippen LogP contribution is 2.20. The Labute approximate surface area is 121 Å². The van der Waals surface area contributed by atoms with Gasteiger partial charge in [0, 0.05) is 25.6 Å². The van der Waals surface area contributed by atoms with Gasteiger partial charge in [-0.05, 0) is 38.6 Å². The predicted octanol–water partition coefficient (Wildman–Crippen LogP) is 1.32. The Balaban J connectivity index is 1.67. The van der Waals surface area contributed by atoms with Crippen LogP contribution >= 0.6 is 0 Å². The number of nitrogens with zero attached hydrogens (tertiary/aromatic N) is 1. The fraction of sp³-hybridized carbons (Fsp3) is 0.867. The number of amides is 1. The van der Waals surface area contributed by atoms with Gasteiger partial charge in [-0.3, -0.25) is 9.59 Å². The van der Waals surface area contributed by atoms with Crippen molar-refractivity contribution >= 4 is 11.9 Å². The van der Waals surface area contributed by atoms with Crippen molar-refractivity contribution in [1.82, 2.24) is 10.2 Å². The predicted molar refractivity (Wildman–Crippen MR) is 76.2 cm³/mol. The van der Waals surface area contributed by atoms with E-state index in [0.29, 0.717) is 25.6 Å². The Morgan fingerprint density at radius 1 is 1.20 bits per heavy atom. The maximum Gasteiger partial charge on any atom is 0.308 e. The molecule has 5 nitrogen and oxygen atoms in total. The Hall–Kier alpha value is -1.10. The first-order valence-corrected chi connectivity index (χ1v) is 7.79. The van der Waals surface area contributed by atoms with E-state index in [0.717, 1.165) is 25.8 Å². The highest BCUT2D eigenvalue weighted by atomic mass is 16.5. The summed E-state index contributed by atoms with van der Waals surface area (Å²) in [4.78, 5) is 25.5. The van der Waals surface area contributed by atoms with Gasteiger partial charge >= 0.3 is 5.97 Å². The normalized spacial score (nSPS) is 24.4. The highest BCUT2D eigenvalue weighted by molar-refractivity contribution is 5.77. The summed E-state index contributed by atoms with van der Waals surface area (Å²) >= 11 is 0. The van der Waals surface area contributed by atoms with Crippen LogP contribution in [0.1, 0.15) is 44.9 Å². The van der Waals surface area contributed by atoms with Crippen LogP contribution < -0.4 is 5.32 Å². The van der Waals surface area contributed by atoms with Crippen molar-refractivity contribution in [2.24, 2.45) is 5.92 Å². The molecule has 2 heterocycles. The molecular formula is C15H26N2O3. The minimum Gasteiger partial charge on any atom is -0.469 e. The topological polar surface area (TPSA) is 58.6 Å². The molecule has 1 unspecified atom stereocenters. The first-order chi connectivity index (χ1) is 9.70. The summed E-state index contributed by atoms with van der Waals surface area (Å²) in [5.41, 5.74) is 0. The third-order valence-electron chi connectivity index (χ3n) is 4.50. The third-order valence-corrected chi connectivity index (χ3v) is 4.50. The van der Waals surface area contributed by atoms with Crippen molar-refractivity contribution in [1.29, 1.82) is 0 Å². The van der Waals surface area contributed by atoms with Crippen molar-refractivity contribution in [3.8, 4) is 0 Å². The largest absolute Gasteiger partial charge is 0.469 e. The van der Waals surface area contributed by atoms with Gasteiger partial charge in [0.2, 0.25) is 5.91 Å². The van der Waals surface area contributed by atoms with E-state index in [9.17, 15) is 9.59 Å². The number of nitrogens with one attached hydrogen (secondary N) is 1. The summed E-state index contributed by atoms with van der Waals surface area (Å²) in [5.74, 6) is 0.0771. The number of likely N-dealkylation sites (tertiary alicyclic amines) is 1. The van der Waals surface area contributed by atoms with Crippen LogP contribution in [-0.2, 0) is 14.3 Å². The summed E-state index contributed by atoms with van der Waals surface area (Å²) in [6.45, 7) is 2.47. The second-order valence-electron chi connectivity index (χ2n) is 5.86. The molecule has 20 heavy (non-hydrogen) atoms. The van der Waals surface area contributed by atoms with Crippen molar-refractivity contribution in [2.75, 3.05) is 26.7 Å². The quantitative estimate of drug-likeness (QED) is 0.790. The van der Waals surface area contributed by atoms with Crippen LogP contribution in [0, 0.1) is 5.92 Å². The molecule has 2 fully saturated rings. The number of esters is 1. The number of ether oxygens (including phenoxy) is 1. The van der Waals surface area contributed by atoms with Gasteiger partial charge in [-0.1, -0.05) is 6.42 Å². The van der Waals surface area contributed by atoms with Gasteiger partial charge in [0.1, 0.15) is 0 Å². The van der Waals surface area contributed by atoms with Gasteiger partial charge in [-0.2, -0.15) is 0 Å². The second-order valence-corrected chi connectivity index (χ2v) is 5.86. The minimum absolute atomic E-state index is 0.0240. The first kappa shape index (κ1) is 15.3. The maximum atomic E-state index is 12.2. The molecule has 2 saturated heterocycles. The van der Waals surface area contributed by atoms with Crippen molar-refractivity contribution in [3.63, 3.8) is 0 Å². The van der Waals surface area contributed by atoms with E-state index in [4.69, 9.17) is 4.74 Å². The highest BCUT2D eigenvalue weighted by Gasteiger charge is 2.28. The van der Waals surface area contributed by atoms with E-state index in [1.807, 2.05) is 4.90 Å².